The predicted octanol–water partition coefficient (Wildman–Crippen LogP) is 2.05. The first-order valence-electron chi connectivity index (χ1n) is 5.78. The monoisotopic (exact) mass is 279 g/mol. The van der Waals surface area contributed by atoms with E-state index in [4.69, 9.17) is 5.11 Å². The first-order valence-corrected chi connectivity index (χ1v) is 5.78. The summed E-state index contributed by atoms with van der Waals surface area (Å²) in [6.07, 6.45) is 0.750. The van der Waals surface area contributed by atoms with Crippen LogP contribution in [0.15, 0.2) is 35.3 Å². The van der Waals surface area contributed by atoms with Crippen molar-refractivity contribution in [3.8, 4) is 5.69 Å². The van der Waals surface area contributed by atoms with Crippen LogP contribution in [0, 0.1) is 18.6 Å². The lowest BCUT2D eigenvalue weighted by atomic mass is 10.1. The molecular formula is C14H11F2NO3. The van der Waals surface area contributed by atoms with Gasteiger partial charge in [0.25, 0.3) is 0 Å². The topological polar surface area (TPSA) is 59.3 Å². The number of benzene rings is 1. The number of aromatic nitrogens is 1. The van der Waals surface area contributed by atoms with Gasteiger partial charge in [-0.15, -0.1) is 0 Å². The fraction of sp³-hybridized carbons (Fsp3) is 0.143. The molecule has 0 aliphatic heterocycles. The molecule has 0 unspecified atom stereocenters. The summed E-state index contributed by atoms with van der Waals surface area (Å²) >= 11 is 0. The van der Waals surface area contributed by atoms with Crippen molar-refractivity contribution in [1.82, 2.24) is 4.57 Å². The minimum Gasteiger partial charge on any atom is -0.481 e. The van der Waals surface area contributed by atoms with Crippen molar-refractivity contribution >= 4 is 5.97 Å². The van der Waals surface area contributed by atoms with E-state index >= 15 is 0 Å². The Balaban J connectivity index is 2.64. The summed E-state index contributed by atoms with van der Waals surface area (Å²) in [7, 11) is 0. The van der Waals surface area contributed by atoms with Crippen molar-refractivity contribution in [3.63, 3.8) is 0 Å². The third-order valence-corrected chi connectivity index (χ3v) is 2.83. The van der Waals surface area contributed by atoms with E-state index in [2.05, 4.69) is 0 Å². The third kappa shape index (κ3) is 2.74. The molecule has 0 aliphatic carbocycles. The van der Waals surface area contributed by atoms with Crippen LogP contribution >= 0.6 is 0 Å². The Kier molecular flexibility index (Phi) is 3.65. The standard InChI is InChI=1S/C14H11F2NO3/c1-8-4-13(18)9(5-14(19)20)7-17(8)12-6-10(15)2-3-11(12)16/h2-4,6-7H,5H2,1H3,(H,19,20). The zero-order valence-corrected chi connectivity index (χ0v) is 10.6. The molecule has 0 aliphatic rings. The lowest BCUT2D eigenvalue weighted by Gasteiger charge is -2.13. The largest absolute Gasteiger partial charge is 0.481 e. The molecule has 104 valence electrons. The van der Waals surface area contributed by atoms with Crippen molar-refractivity contribution in [3.05, 3.63) is 63.6 Å². The zero-order valence-electron chi connectivity index (χ0n) is 10.6. The van der Waals surface area contributed by atoms with Crippen molar-refractivity contribution < 1.29 is 18.7 Å². The fourth-order valence-electron chi connectivity index (χ4n) is 1.90. The second kappa shape index (κ2) is 5.24. The van der Waals surface area contributed by atoms with E-state index in [0.29, 0.717) is 5.69 Å². The van der Waals surface area contributed by atoms with Gasteiger partial charge in [-0.25, -0.2) is 8.78 Å². The van der Waals surface area contributed by atoms with Crippen LogP contribution in [0.2, 0.25) is 0 Å². The smallest absolute Gasteiger partial charge is 0.308 e. The van der Waals surface area contributed by atoms with E-state index in [-0.39, 0.29) is 11.3 Å². The Hall–Kier alpha value is -2.50. The summed E-state index contributed by atoms with van der Waals surface area (Å²) < 4.78 is 28.2. The lowest BCUT2D eigenvalue weighted by molar-refractivity contribution is -0.136. The van der Waals surface area contributed by atoms with Crippen molar-refractivity contribution in [2.24, 2.45) is 0 Å². The Morgan fingerprint density at radius 1 is 1.30 bits per heavy atom. The molecular weight excluding hydrogens is 268 g/mol. The van der Waals surface area contributed by atoms with Gasteiger partial charge in [0.1, 0.15) is 11.6 Å². The van der Waals surface area contributed by atoms with Crippen LogP contribution in [0.25, 0.3) is 5.69 Å². The number of hydrogen-bond donors (Lipinski definition) is 1. The van der Waals surface area contributed by atoms with Crippen LogP contribution < -0.4 is 5.43 Å². The van der Waals surface area contributed by atoms with E-state index in [0.717, 1.165) is 18.2 Å². The fourth-order valence-corrected chi connectivity index (χ4v) is 1.90. The second-order valence-electron chi connectivity index (χ2n) is 4.34. The minimum atomic E-state index is -1.17. The number of pyridine rings is 1. The summed E-state index contributed by atoms with van der Waals surface area (Å²) in [6, 6.07) is 4.13. The van der Waals surface area contributed by atoms with Gasteiger partial charge < -0.3 is 9.67 Å². The molecule has 0 bridgehead atoms. The molecule has 1 aromatic heterocycles. The van der Waals surface area contributed by atoms with Gasteiger partial charge >= 0.3 is 5.97 Å². The quantitative estimate of drug-likeness (QED) is 0.935. The molecule has 0 spiro atoms. The van der Waals surface area contributed by atoms with Crippen LogP contribution in [0.3, 0.4) is 0 Å². The average Bonchev–Trinajstić information content (AvgIpc) is 2.35. The number of carboxylic acids is 1. The molecule has 4 nitrogen and oxygen atoms in total. The number of nitrogens with zero attached hydrogens (tertiary/aromatic N) is 1. The molecule has 2 rings (SSSR count). The van der Waals surface area contributed by atoms with E-state index in [9.17, 15) is 18.4 Å². The van der Waals surface area contributed by atoms with Crippen LogP contribution in [0.1, 0.15) is 11.3 Å². The minimum absolute atomic E-state index is 0.00626. The van der Waals surface area contributed by atoms with Crippen molar-refractivity contribution in [2.45, 2.75) is 13.3 Å². The van der Waals surface area contributed by atoms with E-state index in [1.807, 2.05) is 0 Å². The normalized spacial score (nSPS) is 10.6. The molecule has 0 atom stereocenters. The molecule has 1 aromatic carbocycles. The number of halogens is 2. The Labute approximate surface area is 112 Å². The number of aliphatic carboxylic acids is 1. The summed E-state index contributed by atoms with van der Waals surface area (Å²) in [5, 5.41) is 8.74. The number of aryl methyl sites for hydroxylation is 1. The van der Waals surface area contributed by atoms with Crippen LogP contribution in [0.5, 0.6) is 0 Å². The SMILES string of the molecule is Cc1cc(=O)c(CC(=O)O)cn1-c1cc(F)ccc1F. The lowest BCUT2D eigenvalue weighted by Crippen LogP contribution is -2.17. The van der Waals surface area contributed by atoms with Crippen LogP contribution in [-0.4, -0.2) is 15.6 Å². The highest BCUT2D eigenvalue weighted by Crippen LogP contribution is 2.17. The van der Waals surface area contributed by atoms with Gasteiger partial charge in [0.05, 0.1) is 12.1 Å². The molecule has 0 radical (unpaired) electrons. The van der Waals surface area contributed by atoms with Gasteiger partial charge in [0.2, 0.25) is 0 Å². The summed E-state index contributed by atoms with van der Waals surface area (Å²) in [6.45, 7) is 1.55. The van der Waals surface area contributed by atoms with Gasteiger partial charge in [-0.2, -0.15) is 0 Å². The molecule has 1 heterocycles. The maximum atomic E-state index is 13.7. The van der Waals surface area contributed by atoms with E-state index < -0.39 is 29.5 Å². The Morgan fingerprint density at radius 2 is 2.00 bits per heavy atom. The molecule has 0 fully saturated rings. The van der Waals surface area contributed by atoms with Crippen LogP contribution in [-0.2, 0) is 11.2 Å². The summed E-state index contributed by atoms with van der Waals surface area (Å²) in [4.78, 5) is 22.4. The Morgan fingerprint density at radius 3 is 2.65 bits per heavy atom. The van der Waals surface area contributed by atoms with Crippen LogP contribution in [0.4, 0.5) is 8.78 Å². The first kappa shape index (κ1) is 13.9. The molecule has 6 heteroatoms. The van der Waals surface area contributed by atoms with Gasteiger partial charge in [0.15, 0.2) is 5.43 Å². The summed E-state index contributed by atoms with van der Waals surface area (Å²) in [5.74, 6) is -2.46. The van der Waals surface area contributed by atoms with E-state index in [1.165, 1.54) is 16.8 Å². The maximum absolute atomic E-state index is 13.7. The highest BCUT2D eigenvalue weighted by Gasteiger charge is 2.12. The molecule has 20 heavy (non-hydrogen) atoms. The Bertz CT molecular complexity index is 738. The molecule has 2 aromatic rings. The van der Waals surface area contributed by atoms with Gasteiger partial charge in [-0.05, 0) is 19.1 Å². The molecule has 0 amide bonds. The predicted molar refractivity (Wildman–Crippen MR) is 68.0 cm³/mol. The van der Waals surface area contributed by atoms with E-state index in [1.54, 1.807) is 6.92 Å². The average molecular weight is 279 g/mol. The van der Waals surface area contributed by atoms with Crippen molar-refractivity contribution in [2.75, 3.05) is 0 Å². The number of carbonyl (C=O) groups is 1. The van der Waals surface area contributed by atoms with Gasteiger partial charge in [0, 0.05) is 29.6 Å². The maximum Gasteiger partial charge on any atom is 0.308 e. The summed E-state index contributed by atoms with van der Waals surface area (Å²) in [5.41, 5.74) is -0.132. The highest BCUT2D eigenvalue weighted by molar-refractivity contribution is 5.70. The molecule has 0 saturated heterocycles. The number of hydrogen-bond acceptors (Lipinski definition) is 2. The first-order chi connectivity index (χ1) is 9.38. The third-order valence-electron chi connectivity index (χ3n) is 2.83. The number of carboxylic acid groups (broad SMARTS) is 1. The highest BCUT2D eigenvalue weighted by atomic mass is 19.1. The molecule has 0 saturated carbocycles. The van der Waals surface area contributed by atoms with Gasteiger partial charge in [-0.1, -0.05) is 0 Å². The molecule has 1 N–H and O–H groups in total. The second-order valence-corrected chi connectivity index (χ2v) is 4.34. The zero-order chi connectivity index (χ0) is 14.9. The van der Waals surface area contributed by atoms with Crippen molar-refractivity contribution in [1.29, 1.82) is 0 Å². The number of rotatable bonds is 3. The van der Waals surface area contributed by atoms with Gasteiger partial charge in [-0.3, -0.25) is 9.59 Å².